The van der Waals surface area contributed by atoms with Crippen molar-refractivity contribution in [3.8, 4) is 0 Å². The summed E-state index contributed by atoms with van der Waals surface area (Å²) in [7, 11) is 4.11. The molecule has 0 saturated carbocycles. The molecule has 0 rings (SSSR count). The summed E-state index contributed by atoms with van der Waals surface area (Å²) in [5, 5.41) is 0. The molecule has 0 aliphatic carbocycles. The van der Waals surface area contributed by atoms with Crippen LogP contribution in [0.1, 0.15) is 194 Å². The molecule has 0 atom stereocenters. The number of nitrogens with zero attached hydrogens (tertiary/aromatic N) is 1. The fourth-order valence-electron chi connectivity index (χ4n) is 5.98. The van der Waals surface area contributed by atoms with Gasteiger partial charge >= 0.3 is 5.97 Å². The lowest BCUT2D eigenvalue weighted by molar-refractivity contribution is -0.145. The minimum absolute atomic E-state index is 0.00839. The van der Waals surface area contributed by atoms with Gasteiger partial charge in [-0.05, 0) is 110 Å². The van der Waals surface area contributed by atoms with E-state index in [0.717, 1.165) is 25.8 Å². The van der Waals surface area contributed by atoms with Crippen molar-refractivity contribution in [2.45, 2.75) is 194 Å². The highest BCUT2D eigenvalue weighted by atomic mass is 16.5. The molecule has 0 aromatic heterocycles. The van der Waals surface area contributed by atoms with Crippen molar-refractivity contribution >= 4 is 5.97 Å². The summed E-state index contributed by atoms with van der Waals surface area (Å²) in [6, 6.07) is 0. The second-order valence-electron chi connectivity index (χ2n) is 14.2. The van der Waals surface area contributed by atoms with Crippen molar-refractivity contribution in [1.29, 1.82) is 0 Å². The number of allylic oxidation sites excluding steroid dienone is 8. The molecule has 0 unspecified atom stereocenters. The Labute approximate surface area is 295 Å². The molecule has 0 heterocycles. The highest BCUT2D eigenvalue weighted by molar-refractivity contribution is 5.69. The van der Waals surface area contributed by atoms with Crippen molar-refractivity contribution < 1.29 is 9.53 Å². The number of hydrogen-bond donors (Lipinski definition) is 0. The van der Waals surface area contributed by atoms with Crippen LogP contribution in [-0.4, -0.2) is 38.1 Å². The largest absolute Gasteiger partial charge is 0.465 e. The monoisotopic (exact) mass is 656 g/mol. The number of carbonyl (C=O) groups is 1. The smallest absolute Gasteiger partial charge is 0.305 e. The van der Waals surface area contributed by atoms with Gasteiger partial charge in [-0.2, -0.15) is 0 Å². The molecule has 0 saturated heterocycles. The van der Waals surface area contributed by atoms with Gasteiger partial charge in [-0.15, -0.1) is 0 Å². The molecular formula is C44H81NO2. The van der Waals surface area contributed by atoms with Crippen LogP contribution in [0, 0.1) is 5.92 Å². The number of hydrogen-bond acceptors (Lipinski definition) is 3. The zero-order valence-corrected chi connectivity index (χ0v) is 32.2. The van der Waals surface area contributed by atoms with E-state index >= 15 is 0 Å². The van der Waals surface area contributed by atoms with Crippen LogP contribution in [0.25, 0.3) is 0 Å². The zero-order chi connectivity index (χ0) is 34.3. The molecule has 0 aromatic rings. The van der Waals surface area contributed by atoms with Gasteiger partial charge in [0.05, 0.1) is 6.61 Å². The molecular weight excluding hydrogens is 574 g/mol. The molecule has 3 heteroatoms. The molecule has 0 N–H and O–H groups in total. The van der Waals surface area contributed by atoms with Crippen LogP contribution >= 0.6 is 0 Å². The molecule has 3 nitrogen and oxygen atoms in total. The van der Waals surface area contributed by atoms with Crippen molar-refractivity contribution in [1.82, 2.24) is 4.90 Å². The van der Waals surface area contributed by atoms with E-state index in [9.17, 15) is 4.79 Å². The Morgan fingerprint density at radius 3 is 1.30 bits per heavy atom. The summed E-state index contributed by atoms with van der Waals surface area (Å²) in [5.41, 5.74) is 0. The Balaban J connectivity index is 4.05. The van der Waals surface area contributed by atoms with E-state index in [1.807, 2.05) is 0 Å². The van der Waals surface area contributed by atoms with Gasteiger partial charge in [-0.3, -0.25) is 4.79 Å². The van der Waals surface area contributed by atoms with Crippen LogP contribution < -0.4 is 0 Å². The summed E-state index contributed by atoms with van der Waals surface area (Å²) < 4.78 is 5.77. The van der Waals surface area contributed by atoms with Crippen LogP contribution in [0.15, 0.2) is 48.6 Å². The third-order valence-electron chi connectivity index (χ3n) is 9.09. The topological polar surface area (TPSA) is 29.5 Å². The standard InChI is InChI=1S/C44H81NO2/c1-5-7-9-11-13-15-17-19-21-23-25-27-29-31-33-35-38-43(42-47-44(46)40-37-41-45(3)4)39-36-34-32-30-28-26-24-22-20-18-16-14-12-10-8-6-2/h13-16,19-22,43H,5-12,17-18,23-42H2,1-4H3/b15-13-,16-14-,21-19-,22-20-. The number of esters is 1. The highest BCUT2D eigenvalue weighted by Crippen LogP contribution is 2.20. The summed E-state index contributed by atoms with van der Waals surface area (Å²) in [5.74, 6) is 0.524. The fourth-order valence-corrected chi connectivity index (χ4v) is 5.98. The quantitative estimate of drug-likeness (QED) is 0.0382. The number of rotatable bonds is 36. The van der Waals surface area contributed by atoms with Crippen LogP contribution in [0.2, 0.25) is 0 Å². The molecule has 0 aliphatic rings. The van der Waals surface area contributed by atoms with Gasteiger partial charge in [-0.1, -0.05) is 152 Å². The van der Waals surface area contributed by atoms with Gasteiger partial charge in [0.15, 0.2) is 0 Å². The molecule has 47 heavy (non-hydrogen) atoms. The lowest BCUT2D eigenvalue weighted by atomic mass is 9.94. The number of ether oxygens (including phenoxy) is 1. The van der Waals surface area contributed by atoms with Gasteiger partial charge in [0, 0.05) is 6.42 Å². The lowest BCUT2D eigenvalue weighted by Crippen LogP contribution is -2.17. The molecule has 0 amide bonds. The van der Waals surface area contributed by atoms with Gasteiger partial charge in [0.2, 0.25) is 0 Å². The van der Waals surface area contributed by atoms with Gasteiger partial charge in [0.1, 0.15) is 0 Å². The predicted octanol–water partition coefficient (Wildman–Crippen LogP) is 13.9. The SMILES string of the molecule is CCCCC/C=C\C/C=C\CCCCCCCCC(CCCCCCCC/C=C\C/C=C\CCCCC)COC(=O)CCCN(C)C. The minimum Gasteiger partial charge on any atom is -0.465 e. The van der Waals surface area contributed by atoms with E-state index in [1.54, 1.807) is 0 Å². The molecule has 0 aromatic carbocycles. The fraction of sp³-hybridized carbons (Fsp3) is 0.795. The van der Waals surface area contributed by atoms with E-state index in [1.165, 1.54) is 154 Å². The lowest BCUT2D eigenvalue weighted by Gasteiger charge is -2.17. The average molecular weight is 656 g/mol. The third kappa shape index (κ3) is 38.7. The van der Waals surface area contributed by atoms with Gasteiger partial charge < -0.3 is 9.64 Å². The van der Waals surface area contributed by atoms with Crippen molar-refractivity contribution in [3.05, 3.63) is 48.6 Å². The Morgan fingerprint density at radius 2 is 0.894 bits per heavy atom. The van der Waals surface area contributed by atoms with E-state index in [-0.39, 0.29) is 5.97 Å². The van der Waals surface area contributed by atoms with Crippen LogP contribution in [0.4, 0.5) is 0 Å². The van der Waals surface area contributed by atoms with E-state index in [0.29, 0.717) is 18.9 Å². The molecule has 0 fully saturated rings. The summed E-state index contributed by atoms with van der Waals surface area (Å²) >= 11 is 0. The number of carbonyl (C=O) groups excluding carboxylic acids is 1. The van der Waals surface area contributed by atoms with Crippen LogP contribution in [0.3, 0.4) is 0 Å². The molecule has 274 valence electrons. The zero-order valence-electron chi connectivity index (χ0n) is 32.2. The first kappa shape index (κ1) is 45.4. The second-order valence-corrected chi connectivity index (χ2v) is 14.2. The van der Waals surface area contributed by atoms with Crippen LogP contribution in [-0.2, 0) is 9.53 Å². The highest BCUT2D eigenvalue weighted by Gasteiger charge is 2.12. The van der Waals surface area contributed by atoms with Gasteiger partial charge in [0.25, 0.3) is 0 Å². The molecule has 0 spiro atoms. The number of unbranched alkanes of at least 4 members (excludes halogenated alkanes) is 18. The summed E-state index contributed by atoms with van der Waals surface area (Å²) in [4.78, 5) is 14.5. The molecule has 0 aliphatic heterocycles. The second kappa shape index (κ2) is 38.8. The normalized spacial score (nSPS) is 12.4. The Kier molecular flexibility index (Phi) is 37.5. The first-order chi connectivity index (χ1) is 23.1. The van der Waals surface area contributed by atoms with Crippen molar-refractivity contribution in [3.63, 3.8) is 0 Å². The Hall–Kier alpha value is -1.61. The Morgan fingerprint density at radius 1 is 0.511 bits per heavy atom. The van der Waals surface area contributed by atoms with E-state index < -0.39 is 0 Å². The molecule has 0 bridgehead atoms. The van der Waals surface area contributed by atoms with E-state index in [4.69, 9.17) is 4.74 Å². The first-order valence-electron chi connectivity index (χ1n) is 20.5. The van der Waals surface area contributed by atoms with Crippen molar-refractivity contribution in [2.75, 3.05) is 27.2 Å². The Bertz CT molecular complexity index is 702. The summed E-state index contributed by atoms with van der Waals surface area (Å²) in [6.07, 6.45) is 53.5. The minimum atomic E-state index is -0.00839. The maximum absolute atomic E-state index is 12.3. The maximum atomic E-state index is 12.3. The average Bonchev–Trinajstić information content (AvgIpc) is 3.06. The van der Waals surface area contributed by atoms with E-state index in [2.05, 4.69) is 81.5 Å². The maximum Gasteiger partial charge on any atom is 0.305 e. The predicted molar refractivity (Wildman–Crippen MR) is 210 cm³/mol. The third-order valence-corrected chi connectivity index (χ3v) is 9.09. The summed E-state index contributed by atoms with van der Waals surface area (Å²) in [6.45, 7) is 6.10. The van der Waals surface area contributed by atoms with Crippen molar-refractivity contribution in [2.24, 2.45) is 5.92 Å². The van der Waals surface area contributed by atoms with Gasteiger partial charge in [-0.25, -0.2) is 0 Å². The van der Waals surface area contributed by atoms with Crippen LogP contribution in [0.5, 0.6) is 0 Å². The first-order valence-corrected chi connectivity index (χ1v) is 20.5. The molecule has 0 radical (unpaired) electrons.